The van der Waals surface area contributed by atoms with E-state index < -0.39 is 5.54 Å². The topological polar surface area (TPSA) is 70.4 Å². The highest BCUT2D eigenvalue weighted by Gasteiger charge is 2.37. The van der Waals surface area contributed by atoms with Gasteiger partial charge in [0.05, 0.1) is 0 Å². The molecule has 1 aromatic rings. The van der Waals surface area contributed by atoms with E-state index >= 15 is 0 Å². The zero-order valence-electron chi connectivity index (χ0n) is 17.1. The van der Waals surface area contributed by atoms with Gasteiger partial charge in [-0.2, -0.15) is 5.26 Å². The number of rotatable bonds is 5. The van der Waals surface area contributed by atoms with Crippen molar-refractivity contribution in [2.75, 3.05) is 0 Å². The van der Waals surface area contributed by atoms with Gasteiger partial charge < -0.3 is 9.53 Å². The average Bonchev–Trinajstić information content (AvgIpc) is 2.63. The minimum Gasteiger partial charge on any atom is -0.426 e. The van der Waals surface area contributed by atoms with Crippen molar-refractivity contribution < 1.29 is 14.3 Å². The lowest BCUT2D eigenvalue weighted by atomic mass is 9.90. The van der Waals surface area contributed by atoms with Crippen molar-refractivity contribution in [3.8, 4) is 11.9 Å². The Kier molecular flexibility index (Phi) is 6.73. The standard InChI is InChI=1S/C22H26N2O3S/c1-14(2)18-9-17(10-19(15(3)4)21(18)27-16(5)26)11-20-22(6,12-25)24(13-23)7-8-28-20/h7-12,14-15H,1-6H3. The van der Waals surface area contributed by atoms with Crippen LogP contribution < -0.4 is 4.74 Å². The Bertz CT molecular complexity index is 851. The van der Waals surface area contributed by atoms with Gasteiger partial charge in [-0.15, -0.1) is 0 Å². The first-order chi connectivity index (χ1) is 13.1. The molecule has 0 bridgehead atoms. The van der Waals surface area contributed by atoms with E-state index in [0.29, 0.717) is 5.75 Å². The first-order valence-electron chi connectivity index (χ1n) is 9.21. The summed E-state index contributed by atoms with van der Waals surface area (Å²) < 4.78 is 5.56. The van der Waals surface area contributed by atoms with Crippen LogP contribution in [0.3, 0.4) is 0 Å². The van der Waals surface area contributed by atoms with E-state index in [4.69, 9.17) is 4.74 Å². The molecule has 2 rings (SSSR count). The van der Waals surface area contributed by atoms with Crippen molar-refractivity contribution in [1.82, 2.24) is 4.90 Å². The number of hydrogen-bond acceptors (Lipinski definition) is 6. The lowest BCUT2D eigenvalue weighted by molar-refractivity contribution is -0.132. The number of aldehydes is 1. The van der Waals surface area contributed by atoms with Gasteiger partial charge in [-0.1, -0.05) is 39.5 Å². The van der Waals surface area contributed by atoms with Crippen LogP contribution in [-0.4, -0.2) is 22.7 Å². The van der Waals surface area contributed by atoms with Gasteiger partial charge in [0.15, 0.2) is 12.5 Å². The Hall–Kier alpha value is -2.52. The van der Waals surface area contributed by atoms with Crippen LogP contribution in [-0.2, 0) is 9.59 Å². The number of carbonyl (C=O) groups is 2. The summed E-state index contributed by atoms with van der Waals surface area (Å²) in [6, 6.07) is 3.98. The van der Waals surface area contributed by atoms with Crippen LogP contribution in [0, 0.1) is 11.5 Å². The summed E-state index contributed by atoms with van der Waals surface area (Å²) in [5.74, 6) is 0.572. The fraction of sp³-hybridized carbons (Fsp3) is 0.409. The van der Waals surface area contributed by atoms with Gasteiger partial charge in [0.25, 0.3) is 0 Å². The summed E-state index contributed by atoms with van der Waals surface area (Å²) in [5, 5.41) is 11.2. The molecule has 0 radical (unpaired) electrons. The zero-order chi connectivity index (χ0) is 21.1. The first-order valence-corrected chi connectivity index (χ1v) is 10.1. The predicted molar refractivity (Wildman–Crippen MR) is 113 cm³/mol. The lowest BCUT2D eigenvalue weighted by Gasteiger charge is -2.34. The number of carbonyl (C=O) groups excluding carboxylic acids is 2. The molecule has 0 fully saturated rings. The average molecular weight is 399 g/mol. The number of esters is 1. The maximum atomic E-state index is 11.8. The Labute approximate surface area is 171 Å². The SMILES string of the molecule is CC(=O)Oc1c(C(C)C)cc(C=C2SC=CN(C#N)C2(C)C=O)cc1C(C)C. The second kappa shape index (κ2) is 8.66. The number of benzene rings is 1. The van der Waals surface area contributed by atoms with Crippen molar-refractivity contribution in [2.24, 2.45) is 0 Å². The highest BCUT2D eigenvalue weighted by Crippen LogP contribution is 2.41. The molecule has 1 heterocycles. The Morgan fingerprint density at radius 1 is 1.25 bits per heavy atom. The van der Waals surface area contributed by atoms with Crippen molar-refractivity contribution in [2.45, 2.75) is 58.9 Å². The highest BCUT2D eigenvalue weighted by atomic mass is 32.2. The second-order valence-corrected chi connectivity index (χ2v) is 8.53. The molecule has 1 aliphatic heterocycles. The van der Waals surface area contributed by atoms with E-state index in [1.807, 2.05) is 18.2 Å². The second-order valence-electron chi connectivity index (χ2n) is 7.58. The number of thioether (sulfide) groups is 1. The van der Waals surface area contributed by atoms with E-state index in [1.54, 1.807) is 18.5 Å². The van der Waals surface area contributed by atoms with Crippen LogP contribution in [0.2, 0.25) is 0 Å². The number of hydrogen-bond donors (Lipinski definition) is 0. The van der Waals surface area contributed by atoms with Gasteiger partial charge in [0, 0.05) is 18.0 Å². The Morgan fingerprint density at radius 3 is 2.25 bits per heavy atom. The van der Waals surface area contributed by atoms with Crippen LogP contribution in [0.1, 0.15) is 70.1 Å². The summed E-state index contributed by atoms with van der Waals surface area (Å²) in [7, 11) is 0. The van der Waals surface area contributed by atoms with Gasteiger partial charge in [0.2, 0.25) is 0 Å². The lowest BCUT2D eigenvalue weighted by Crippen LogP contribution is -2.44. The van der Waals surface area contributed by atoms with Crippen LogP contribution in [0.5, 0.6) is 5.75 Å². The maximum Gasteiger partial charge on any atom is 0.308 e. The molecule has 0 N–H and O–H groups in total. The monoisotopic (exact) mass is 398 g/mol. The summed E-state index contributed by atoms with van der Waals surface area (Å²) >= 11 is 1.42. The fourth-order valence-corrected chi connectivity index (χ4v) is 3.96. The molecular weight excluding hydrogens is 372 g/mol. The molecule has 0 spiro atoms. The smallest absolute Gasteiger partial charge is 0.308 e. The molecule has 1 unspecified atom stereocenters. The van der Waals surface area contributed by atoms with Crippen LogP contribution in [0.25, 0.3) is 6.08 Å². The molecule has 0 aliphatic carbocycles. The molecule has 1 atom stereocenters. The largest absolute Gasteiger partial charge is 0.426 e. The Morgan fingerprint density at radius 2 is 1.82 bits per heavy atom. The van der Waals surface area contributed by atoms with Crippen molar-refractivity contribution in [1.29, 1.82) is 5.26 Å². The number of nitriles is 1. The summed E-state index contributed by atoms with van der Waals surface area (Å²) in [5.41, 5.74) is 1.75. The molecule has 28 heavy (non-hydrogen) atoms. The van der Waals surface area contributed by atoms with E-state index in [9.17, 15) is 14.9 Å². The summed E-state index contributed by atoms with van der Waals surface area (Å²) in [6.07, 6.45) is 6.39. The number of ether oxygens (including phenoxy) is 1. The third-order valence-corrected chi connectivity index (χ3v) is 5.74. The fourth-order valence-electron chi connectivity index (χ4n) is 3.04. The third kappa shape index (κ3) is 4.31. The highest BCUT2D eigenvalue weighted by molar-refractivity contribution is 8.06. The van der Waals surface area contributed by atoms with E-state index in [2.05, 4.69) is 33.9 Å². The minimum atomic E-state index is -1.04. The Balaban J connectivity index is 2.68. The normalized spacial score (nSPS) is 20.5. The maximum absolute atomic E-state index is 11.8. The molecule has 1 aliphatic rings. The molecule has 148 valence electrons. The van der Waals surface area contributed by atoms with Crippen molar-refractivity contribution >= 4 is 30.1 Å². The van der Waals surface area contributed by atoms with Gasteiger partial charge in [-0.3, -0.25) is 9.69 Å². The molecular formula is C22H26N2O3S. The molecule has 0 amide bonds. The van der Waals surface area contributed by atoms with Gasteiger partial charge in [-0.05, 0) is 59.1 Å². The molecule has 0 saturated heterocycles. The molecule has 0 saturated carbocycles. The van der Waals surface area contributed by atoms with Gasteiger partial charge in [0.1, 0.15) is 11.3 Å². The first kappa shape index (κ1) is 21.8. The zero-order valence-corrected chi connectivity index (χ0v) is 18.0. The quantitative estimate of drug-likeness (QED) is 0.295. The van der Waals surface area contributed by atoms with Gasteiger partial charge in [-0.25, -0.2) is 0 Å². The van der Waals surface area contributed by atoms with Crippen LogP contribution >= 0.6 is 11.8 Å². The van der Waals surface area contributed by atoms with Crippen molar-refractivity contribution in [3.63, 3.8) is 0 Å². The predicted octanol–water partition coefficient (Wildman–Crippen LogP) is 5.16. The molecule has 6 heteroatoms. The van der Waals surface area contributed by atoms with Crippen LogP contribution in [0.15, 0.2) is 28.6 Å². The van der Waals surface area contributed by atoms with Crippen LogP contribution in [0.4, 0.5) is 0 Å². The molecule has 5 nitrogen and oxygen atoms in total. The summed E-state index contributed by atoms with van der Waals surface area (Å²) in [6.45, 7) is 11.3. The summed E-state index contributed by atoms with van der Waals surface area (Å²) in [4.78, 5) is 25.6. The molecule has 1 aromatic carbocycles. The third-order valence-electron chi connectivity index (χ3n) is 4.70. The number of nitrogens with zero attached hydrogens (tertiary/aromatic N) is 2. The molecule has 0 aromatic heterocycles. The van der Waals surface area contributed by atoms with E-state index in [1.165, 1.54) is 23.6 Å². The van der Waals surface area contributed by atoms with Crippen molar-refractivity contribution in [3.05, 3.63) is 45.3 Å². The minimum absolute atomic E-state index is 0.150. The van der Waals surface area contributed by atoms with Gasteiger partial charge >= 0.3 is 5.97 Å². The van der Waals surface area contributed by atoms with E-state index in [0.717, 1.165) is 27.9 Å². The van der Waals surface area contributed by atoms with E-state index in [-0.39, 0.29) is 17.8 Å².